The highest BCUT2D eigenvalue weighted by atomic mass is 15.2. The highest BCUT2D eigenvalue weighted by molar-refractivity contribution is 4.89. The summed E-state index contributed by atoms with van der Waals surface area (Å²) in [4.78, 5) is 2.76. The summed E-state index contributed by atoms with van der Waals surface area (Å²) in [6.45, 7) is 9.57. The zero-order chi connectivity index (χ0) is 10.7. The Kier molecular flexibility index (Phi) is 4.04. The predicted octanol–water partition coefficient (Wildman–Crippen LogP) is 2.11. The number of hydrogen-bond donors (Lipinski definition) is 1. The minimum atomic E-state index is 0.810. The van der Waals surface area contributed by atoms with Crippen LogP contribution in [0.1, 0.15) is 39.5 Å². The van der Waals surface area contributed by atoms with Crippen molar-refractivity contribution in [3.05, 3.63) is 0 Å². The number of rotatable bonds is 8. The molecule has 2 aliphatic carbocycles. The van der Waals surface area contributed by atoms with Crippen molar-refractivity contribution >= 4 is 0 Å². The molecule has 0 aliphatic heterocycles. The molecule has 0 bridgehead atoms. The molecule has 88 valence electrons. The van der Waals surface area contributed by atoms with Gasteiger partial charge in [-0.1, -0.05) is 13.8 Å². The lowest BCUT2D eigenvalue weighted by Crippen LogP contribution is -2.36. The highest BCUT2D eigenvalue weighted by Crippen LogP contribution is 2.35. The van der Waals surface area contributed by atoms with Gasteiger partial charge in [0.1, 0.15) is 0 Å². The first kappa shape index (κ1) is 11.4. The Morgan fingerprint density at radius 2 is 2.00 bits per heavy atom. The molecule has 0 aromatic carbocycles. The second-order valence-corrected chi connectivity index (χ2v) is 5.54. The molecule has 0 amide bonds. The molecular weight excluding hydrogens is 184 g/mol. The largest absolute Gasteiger partial charge is 0.317 e. The molecule has 2 rings (SSSR count). The maximum Gasteiger partial charge on any atom is 0.00966 e. The molecule has 2 nitrogen and oxygen atoms in total. The summed E-state index contributed by atoms with van der Waals surface area (Å²) >= 11 is 0. The third-order valence-electron chi connectivity index (χ3n) is 3.54. The number of hydrogen-bond acceptors (Lipinski definition) is 2. The lowest BCUT2D eigenvalue weighted by molar-refractivity contribution is 0.217. The summed E-state index contributed by atoms with van der Waals surface area (Å²) in [5.41, 5.74) is 0. The van der Waals surface area contributed by atoms with Crippen molar-refractivity contribution in [3.8, 4) is 0 Å². The molecule has 2 fully saturated rings. The van der Waals surface area contributed by atoms with Crippen LogP contribution >= 0.6 is 0 Å². The van der Waals surface area contributed by atoms with Gasteiger partial charge in [0.05, 0.1) is 0 Å². The molecule has 0 aromatic heterocycles. The van der Waals surface area contributed by atoms with Crippen LogP contribution in [-0.2, 0) is 0 Å². The van der Waals surface area contributed by atoms with Crippen LogP contribution in [0.25, 0.3) is 0 Å². The Balaban J connectivity index is 1.67. The zero-order valence-corrected chi connectivity index (χ0v) is 10.3. The summed E-state index contributed by atoms with van der Waals surface area (Å²) in [6, 6.07) is 0.953. The van der Waals surface area contributed by atoms with Crippen molar-refractivity contribution < 1.29 is 0 Å². The molecule has 2 aliphatic rings. The topological polar surface area (TPSA) is 15.3 Å². The molecule has 2 saturated carbocycles. The van der Waals surface area contributed by atoms with Crippen molar-refractivity contribution in [3.63, 3.8) is 0 Å². The molecular formula is C13H26N2. The van der Waals surface area contributed by atoms with Gasteiger partial charge in [-0.15, -0.1) is 0 Å². The highest BCUT2D eigenvalue weighted by Gasteiger charge is 2.33. The first-order valence-corrected chi connectivity index (χ1v) is 6.74. The quantitative estimate of drug-likeness (QED) is 0.660. The average molecular weight is 210 g/mol. The predicted molar refractivity (Wildman–Crippen MR) is 65.0 cm³/mol. The van der Waals surface area contributed by atoms with Crippen LogP contribution in [0.3, 0.4) is 0 Å². The Bertz CT molecular complexity index is 185. The van der Waals surface area contributed by atoms with Crippen LogP contribution in [0.15, 0.2) is 0 Å². The normalized spacial score (nSPS) is 23.4. The average Bonchev–Trinajstić information content (AvgIpc) is 3.02. The molecule has 0 radical (unpaired) electrons. The Labute approximate surface area is 94.4 Å². The van der Waals surface area contributed by atoms with Gasteiger partial charge in [0.15, 0.2) is 0 Å². The van der Waals surface area contributed by atoms with Gasteiger partial charge in [0.25, 0.3) is 0 Å². The van der Waals surface area contributed by atoms with E-state index in [2.05, 4.69) is 24.1 Å². The Morgan fingerprint density at radius 3 is 2.53 bits per heavy atom. The Hall–Kier alpha value is -0.0800. The lowest BCUT2D eigenvalue weighted by Gasteiger charge is -2.25. The van der Waals surface area contributed by atoms with Crippen LogP contribution in [0.2, 0.25) is 0 Å². The molecule has 15 heavy (non-hydrogen) atoms. The van der Waals surface area contributed by atoms with Gasteiger partial charge in [-0.2, -0.15) is 0 Å². The molecule has 1 unspecified atom stereocenters. The molecule has 0 heterocycles. The summed E-state index contributed by atoms with van der Waals surface area (Å²) in [5.74, 6) is 1.86. The second-order valence-electron chi connectivity index (χ2n) is 5.54. The first-order chi connectivity index (χ1) is 7.29. The maximum atomic E-state index is 3.45. The van der Waals surface area contributed by atoms with E-state index in [9.17, 15) is 0 Å². The minimum Gasteiger partial charge on any atom is -0.317 e. The SMILES string of the molecule is CCNCC(C)CN(CC1CC1)C1CC1. The zero-order valence-electron chi connectivity index (χ0n) is 10.3. The van der Waals surface area contributed by atoms with Crippen LogP contribution < -0.4 is 5.32 Å². The monoisotopic (exact) mass is 210 g/mol. The van der Waals surface area contributed by atoms with Gasteiger partial charge in [0, 0.05) is 19.1 Å². The van der Waals surface area contributed by atoms with E-state index < -0.39 is 0 Å². The van der Waals surface area contributed by atoms with Gasteiger partial charge in [0.2, 0.25) is 0 Å². The van der Waals surface area contributed by atoms with Crippen molar-refractivity contribution in [2.45, 2.75) is 45.6 Å². The van der Waals surface area contributed by atoms with E-state index in [4.69, 9.17) is 0 Å². The second kappa shape index (κ2) is 5.31. The van der Waals surface area contributed by atoms with Gasteiger partial charge in [-0.25, -0.2) is 0 Å². The fourth-order valence-electron chi connectivity index (χ4n) is 2.30. The van der Waals surface area contributed by atoms with E-state index in [0.717, 1.165) is 24.4 Å². The van der Waals surface area contributed by atoms with E-state index in [1.807, 2.05) is 0 Å². The van der Waals surface area contributed by atoms with Gasteiger partial charge in [-0.05, 0) is 50.6 Å². The lowest BCUT2D eigenvalue weighted by atomic mass is 10.1. The van der Waals surface area contributed by atoms with Crippen LogP contribution in [0, 0.1) is 11.8 Å². The molecule has 0 saturated heterocycles. The van der Waals surface area contributed by atoms with Crippen molar-refractivity contribution in [2.75, 3.05) is 26.2 Å². The standard InChI is InChI=1S/C13H26N2/c1-3-14-8-11(2)9-15(13-6-7-13)10-12-4-5-12/h11-14H,3-10H2,1-2H3. The minimum absolute atomic E-state index is 0.810. The van der Waals surface area contributed by atoms with Gasteiger partial charge in [-0.3, -0.25) is 4.90 Å². The smallest absolute Gasteiger partial charge is 0.00966 e. The maximum absolute atomic E-state index is 3.45. The fraction of sp³-hybridized carbons (Fsp3) is 1.00. The van der Waals surface area contributed by atoms with Crippen molar-refractivity contribution in [2.24, 2.45) is 11.8 Å². The summed E-state index contributed by atoms with van der Waals surface area (Å²) in [7, 11) is 0. The van der Waals surface area contributed by atoms with E-state index >= 15 is 0 Å². The molecule has 1 N–H and O–H groups in total. The number of nitrogens with zero attached hydrogens (tertiary/aromatic N) is 1. The summed E-state index contributed by atoms with van der Waals surface area (Å²) in [5, 5.41) is 3.45. The fourth-order valence-corrected chi connectivity index (χ4v) is 2.30. The number of nitrogens with one attached hydrogen (secondary N) is 1. The third kappa shape index (κ3) is 4.12. The van der Waals surface area contributed by atoms with Crippen LogP contribution in [0.4, 0.5) is 0 Å². The van der Waals surface area contributed by atoms with E-state index in [-0.39, 0.29) is 0 Å². The summed E-state index contributed by atoms with van der Waals surface area (Å²) in [6.07, 6.45) is 5.90. The third-order valence-corrected chi connectivity index (χ3v) is 3.54. The Morgan fingerprint density at radius 1 is 1.27 bits per heavy atom. The molecule has 1 atom stereocenters. The van der Waals surface area contributed by atoms with E-state index in [0.29, 0.717) is 0 Å². The van der Waals surface area contributed by atoms with E-state index in [1.54, 1.807) is 0 Å². The van der Waals surface area contributed by atoms with E-state index in [1.165, 1.54) is 45.3 Å². The van der Waals surface area contributed by atoms with Gasteiger partial charge >= 0.3 is 0 Å². The molecule has 0 aromatic rings. The van der Waals surface area contributed by atoms with Crippen molar-refractivity contribution in [1.82, 2.24) is 10.2 Å². The van der Waals surface area contributed by atoms with Crippen molar-refractivity contribution in [1.29, 1.82) is 0 Å². The first-order valence-electron chi connectivity index (χ1n) is 6.74. The van der Waals surface area contributed by atoms with Gasteiger partial charge < -0.3 is 5.32 Å². The van der Waals surface area contributed by atoms with Crippen LogP contribution in [-0.4, -0.2) is 37.1 Å². The molecule has 0 spiro atoms. The van der Waals surface area contributed by atoms with Crippen LogP contribution in [0.5, 0.6) is 0 Å². The molecule has 2 heteroatoms. The summed E-state index contributed by atoms with van der Waals surface area (Å²) < 4.78 is 0.